The Kier molecular flexibility index (Phi) is 4.62. The lowest BCUT2D eigenvalue weighted by Gasteiger charge is -2.09. The lowest BCUT2D eigenvalue weighted by Crippen LogP contribution is -2.17. The molecule has 17 heavy (non-hydrogen) atoms. The molecule has 0 heterocycles. The summed E-state index contributed by atoms with van der Waals surface area (Å²) in [5.74, 6) is -0.388. The first-order valence-corrected chi connectivity index (χ1v) is 6.93. The smallest absolute Gasteiger partial charge is 0.238 e. The zero-order chi connectivity index (χ0) is 13.1. The number of rotatable bonds is 5. The van der Waals surface area contributed by atoms with Gasteiger partial charge in [-0.05, 0) is 37.6 Å². The normalized spacial score (nSPS) is 11.8. The molecule has 0 aromatic heterocycles. The molecule has 4 nitrogen and oxygen atoms in total. The van der Waals surface area contributed by atoms with Crippen LogP contribution in [0.2, 0.25) is 0 Å². The van der Waals surface area contributed by atoms with Gasteiger partial charge < -0.3 is 5.32 Å². The van der Waals surface area contributed by atoms with E-state index in [1.165, 1.54) is 19.1 Å². The van der Waals surface area contributed by atoms with Gasteiger partial charge in [0.25, 0.3) is 0 Å². The molecule has 0 atom stereocenters. The minimum atomic E-state index is -3.79. The van der Waals surface area contributed by atoms with Crippen LogP contribution in [0.25, 0.3) is 0 Å². The SMILES string of the molecule is CCCNCc1cc(S(N)(=O)=O)cc(C)c1F. The lowest BCUT2D eigenvalue weighted by atomic mass is 10.1. The number of aryl methyl sites for hydroxylation is 1. The van der Waals surface area contributed by atoms with Crippen LogP contribution in [0, 0.1) is 12.7 Å². The zero-order valence-electron chi connectivity index (χ0n) is 9.96. The Morgan fingerprint density at radius 1 is 1.41 bits per heavy atom. The molecule has 0 bridgehead atoms. The molecule has 0 radical (unpaired) electrons. The second-order valence-electron chi connectivity index (χ2n) is 3.94. The van der Waals surface area contributed by atoms with Crippen LogP contribution in [0.3, 0.4) is 0 Å². The third-order valence-corrected chi connectivity index (χ3v) is 3.27. The molecule has 96 valence electrons. The highest BCUT2D eigenvalue weighted by atomic mass is 32.2. The standard InChI is InChI=1S/C11H17FN2O2S/c1-3-4-14-7-9-6-10(17(13,15)16)5-8(2)11(9)12/h5-6,14H,3-4,7H2,1-2H3,(H2,13,15,16). The molecule has 0 aliphatic rings. The third-order valence-electron chi connectivity index (χ3n) is 2.37. The molecule has 3 N–H and O–H groups in total. The van der Waals surface area contributed by atoms with E-state index in [1.807, 2.05) is 6.92 Å². The molecule has 1 aromatic carbocycles. The van der Waals surface area contributed by atoms with Crippen LogP contribution in [0.1, 0.15) is 24.5 Å². The van der Waals surface area contributed by atoms with Crippen molar-refractivity contribution in [1.82, 2.24) is 5.32 Å². The van der Waals surface area contributed by atoms with E-state index in [4.69, 9.17) is 5.14 Å². The third kappa shape index (κ3) is 3.76. The molecule has 0 unspecified atom stereocenters. The molecule has 0 spiro atoms. The van der Waals surface area contributed by atoms with Crippen LogP contribution in [0.5, 0.6) is 0 Å². The quantitative estimate of drug-likeness (QED) is 0.783. The molecular formula is C11H17FN2O2S. The van der Waals surface area contributed by atoms with E-state index in [0.29, 0.717) is 12.1 Å². The van der Waals surface area contributed by atoms with E-state index in [1.54, 1.807) is 0 Å². The van der Waals surface area contributed by atoms with Crippen molar-refractivity contribution in [3.05, 3.63) is 29.1 Å². The maximum absolute atomic E-state index is 13.7. The fraction of sp³-hybridized carbons (Fsp3) is 0.455. The van der Waals surface area contributed by atoms with E-state index < -0.39 is 10.0 Å². The van der Waals surface area contributed by atoms with Gasteiger partial charge >= 0.3 is 0 Å². The molecule has 6 heteroatoms. The molecule has 0 aliphatic carbocycles. The first kappa shape index (κ1) is 14.1. The van der Waals surface area contributed by atoms with Gasteiger partial charge in [-0.2, -0.15) is 0 Å². The summed E-state index contributed by atoms with van der Waals surface area (Å²) >= 11 is 0. The summed E-state index contributed by atoms with van der Waals surface area (Å²) in [6.45, 7) is 4.56. The van der Waals surface area contributed by atoms with Gasteiger partial charge in [0.1, 0.15) is 5.82 Å². The Hall–Kier alpha value is -0.980. The minimum Gasteiger partial charge on any atom is -0.313 e. The Balaban J connectivity index is 3.08. The van der Waals surface area contributed by atoms with Crippen molar-refractivity contribution in [3.8, 4) is 0 Å². The fourth-order valence-corrected chi connectivity index (χ4v) is 2.15. The van der Waals surface area contributed by atoms with Crippen molar-refractivity contribution >= 4 is 10.0 Å². The van der Waals surface area contributed by atoms with Gasteiger partial charge in [0.15, 0.2) is 0 Å². The predicted octanol–water partition coefficient (Wildman–Crippen LogP) is 1.28. The van der Waals surface area contributed by atoms with Crippen molar-refractivity contribution in [2.45, 2.75) is 31.7 Å². The average Bonchev–Trinajstić information content (AvgIpc) is 2.22. The van der Waals surface area contributed by atoms with Crippen molar-refractivity contribution in [2.75, 3.05) is 6.54 Å². The van der Waals surface area contributed by atoms with Crippen molar-refractivity contribution in [2.24, 2.45) is 5.14 Å². The summed E-state index contributed by atoms with van der Waals surface area (Å²) < 4.78 is 36.1. The van der Waals surface area contributed by atoms with Crippen LogP contribution in [0.4, 0.5) is 4.39 Å². The largest absolute Gasteiger partial charge is 0.313 e. The summed E-state index contributed by atoms with van der Waals surface area (Å²) in [5, 5.41) is 8.05. The van der Waals surface area contributed by atoms with Crippen LogP contribution in [0.15, 0.2) is 17.0 Å². The second-order valence-corrected chi connectivity index (χ2v) is 5.50. The van der Waals surface area contributed by atoms with Crippen LogP contribution >= 0.6 is 0 Å². The van der Waals surface area contributed by atoms with Crippen molar-refractivity contribution < 1.29 is 12.8 Å². The summed E-state index contributed by atoms with van der Waals surface area (Å²) in [6.07, 6.45) is 0.926. The Morgan fingerprint density at radius 3 is 2.59 bits per heavy atom. The van der Waals surface area contributed by atoms with Gasteiger partial charge in [-0.3, -0.25) is 0 Å². The van der Waals surface area contributed by atoms with Crippen LogP contribution in [-0.4, -0.2) is 15.0 Å². The first-order valence-electron chi connectivity index (χ1n) is 5.38. The lowest BCUT2D eigenvalue weighted by molar-refractivity contribution is 0.574. The minimum absolute atomic E-state index is 0.0512. The maximum Gasteiger partial charge on any atom is 0.238 e. The number of primary sulfonamides is 1. The molecule has 0 fully saturated rings. The number of halogens is 1. The van der Waals surface area contributed by atoms with Crippen LogP contribution < -0.4 is 10.5 Å². The van der Waals surface area contributed by atoms with Crippen molar-refractivity contribution in [3.63, 3.8) is 0 Å². The summed E-state index contributed by atoms with van der Waals surface area (Å²) in [4.78, 5) is -0.0512. The monoisotopic (exact) mass is 260 g/mol. The van der Waals surface area contributed by atoms with E-state index in [2.05, 4.69) is 5.32 Å². The number of hydrogen-bond acceptors (Lipinski definition) is 3. The topological polar surface area (TPSA) is 72.2 Å². The maximum atomic E-state index is 13.7. The van der Waals surface area contributed by atoms with Gasteiger partial charge in [-0.1, -0.05) is 6.92 Å². The summed E-state index contributed by atoms with van der Waals surface area (Å²) in [5.41, 5.74) is 0.604. The van der Waals surface area contributed by atoms with E-state index in [0.717, 1.165) is 13.0 Å². The number of hydrogen-bond donors (Lipinski definition) is 2. The van der Waals surface area contributed by atoms with Gasteiger partial charge in [0.2, 0.25) is 10.0 Å². The predicted molar refractivity (Wildman–Crippen MR) is 64.5 cm³/mol. The van der Waals surface area contributed by atoms with E-state index in [9.17, 15) is 12.8 Å². The zero-order valence-corrected chi connectivity index (χ0v) is 10.8. The number of benzene rings is 1. The average molecular weight is 260 g/mol. The molecule has 0 saturated carbocycles. The van der Waals surface area contributed by atoms with Gasteiger partial charge in [0, 0.05) is 12.1 Å². The molecule has 1 rings (SSSR count). The fourth-order valence-electron chi connectivity index (χ4n) is 1.50. The Morgan fingerprint density at radius 2 is 2.06 bits per heavy atom. The molecular weight excluding hydrogens is 243 g/mol. The van der Waals surface area contributed by atoms with Gasteiger partial charge in [-0.25, -0.2) is 17.9 Å². The Bertz CT molecular complexity index is 500. The molecule has 0 aliphatic heterocycles. The van der Waals surface area contributed by atoms with Gasteiger partial charge in [0.05, 0.1) is 4.90 Å². The van der Waals surface area contributed by atoms with Crippen molar-refractivity contribution in [1.29, 1.82) is 0 Å². The molecule has 0 amide bonds. The number of nitrogens with two attached hydrogens (primary N) is 1. The second kappa shape index (κ2) is 5.57. The van der Waals surface area contributed by atoms with Gasteiger partial charge in [-0.15, -0.1) is 0 Å². The number of nitrogens with one attached hydrogen (secondary N) is 1. The highest BCUT2D eigenvalue weighted by Gasteiger charge is 2.14. The highest BCUT2D eigenvalue weighted by Crippen LogP contribution is 2.18. The van der Waals surface area contributed by atoms with E-state index >= 15 is 0 Å². The summed E-state index contributed by atoms with van der Waals surface area (Å²) in [6, 6.07) is 2.52. The first-order chi connectivity index (χ1) is 7.86. The molecule has 1 aromatic rings. The van der Waals surface area contributed by atoms with Crippen LogP contribution in [-0.2, 0) is 16.6 Å². The van der Waals surface area contributed by atoms with E-state index in [-0.39, 0.29) is 16.3 Å². The number of sulfonamides is 1. The Labute approximate surface area is 101 Å². The molecule has 0 saturated heterocycles. The summed E-state index contributed by atoms with van der Waals surface area (Å²) in [7, 11) is -3.79. The highest BCUT2D eigenvalue weighted by molar-refractivity contribution is 7.89.